The van der Waals surface area contributed by atoms with Crippen molar-refractivity contribution in [1.82, 2.24) is 15.0 Å². The third kappa shape index (κ3) is 3.58. The molecule has 1 atom stereocenters. The number of halogens is 2. The molecule has 0 aromatic carbocycles. The summed E-state index contributed by atoms with van der Waals surface area (Å²) in [4.78, 5) is 10.4. The molecule has 3 N–H and O–H groups in total. The van der Waals surface area contributed by atoms with Crippen LogP contribution in [0.3, 0.4) is 0 Å². The number of aromatic nitrogens is 3. The van der Waals surface area contributed by atoms with E-state index in [4.69, 9.17) is 10.8 Å². The number of alkyl halides is 2. The number of hydrogen-bond donors (Lipinski definition) is 2. The summed E-state index contributed by atoms with van der Waals surface area (Å²) in [7, 11) is 0. The van der Waals surface area contributed by atoms with Gasteiger partial charge in [0.1, 0.15) is 12.6 Å². The summed E-state index contributed by atoms with van der Waals surface area (Å²) < 4.78 is 24.8. The maximum Gasteiger partial charge on any atom is 0.320 e. The summed E-state index contributed by atoms with van der Waals surface area (Å²) in [6.07, 6.45) is -1.29. The molecule has 0 spiro atoms. The summed E-state index contributed by atoms with van der Waals surface area (Å²) in [6.45, 7) is -0.560. The van der Waals surface area contributed by atoms with Gasteiger partial charge in [0.15, 0.2) is 0 Å². The van der Waals surface area contributed by atoms with E-state index in [2.05, 4.69) is 10.3 Å². The quantitative estimate of drug-likeness (QED) is 0.697. The van der Waals surface area contributed by atoms with Crippen molar-refractivity contribution >= 4 is 5.97 Å². The van der Waals surface area contributed by atoms with Crippen LogP contribution in [0.15, 0.2) is 6.20 Å². The van der Waals surface area contributed by atoms with Gasteiger partial charge in [-0.05, 0) is 0 Å². The number of carbonyl (C=O) groups is 1. The fraction of sp³-hybridized carbons (Fsp3) is 0.571. The van der Waals surface area contributed by atoms with Gasteiger partial charge in [0.25, 0.3) is 6.43 Å². The Hall–Kier alpha value is -1.57. The molecule has 1 unspecified atom stereocenters. The lowest BCUT2D eigenvalue weighted by atomic mass is 10.2. The lowest BCUT2D eigenvalue weighted by molar-refractivity contribution is -0.138. The van der Waals surface area contributed by atoms with Gasteiger partial charge in [0, 0.05) is 12.6 Å². The molecule has 0 saturated carbocycles. The second kappa shape index (κ2) is 4.78. The summed E-state index contributed by atoms with van der Waals surface area (Å²) in [6, 6.07) is -1.10. The molecule has 6 nitrogen and oxygen atoms in total. The fourth-order valence-corrected chi connectivity index (χ4v) is 0.975. The average Bonchev–Trinajstić information content (AvgIpc) is 2.51. The Balaban J connectivity index is 2.56. The van der Waals surface area contributed by atoms with Gasteiger partial charge in [-0.15, -0.1) is 5.10 Å². The Morgan fingerprint density at radius 3 is 2.87 bits per heavy atom. The molecule has 1 rings (SSSR count). The molecule has 1 aromatic heterocycles. The molecule has 0 fully saturated rings. The van der Waals surface area contributed by atoms with Gasteiger partial charge in [-0.2, -0.15) is 0 Å². The van der Waals surface area contributed by atoms with E-state index in [0.717, 1.165) is 4.68 Å². The van der Waals surface area contributed by atoms with Gasteiger partial charge in [-0.1, -0.05) is 5.21 Å². The molecule has 1 aromatic rings. The minimum absolute atomic E-state index is 0.0292. The smallest absolute Gasteiger partial charge is 0.320 e. The first-order valence-electron chi connectivity index (χ1n) is 4.14. The zero-order valence-electron chi connectivity index (χ0n) is 7.68. The van der Waals surface area contributed by atoms with Crippen LogP contribution in [0.5, 0.6) is 0 Å². The van der Waals surface area contributed by atoms with Crippen molar-refractivity contribution < 1.29 is 18.7 Å². The minimum atomic E-state index is -2.52. The third-order valence-electron chi connectivity index (χ3n) is 1.66. The largest absolute Gasteiger partial charge is 0.480 e. The van der Waals surface area contributed by atoms with E-state index in [1.807, 2.05) is 0 Å². The number of carboxylic acid groups (broad SMARTS) is 1. The van der Waals surface area contributed by atoms with E-state index in [9.17, 15) is 13.6 Å². The summed E-state index contributed by atoms with van der Waals surface area (Å²) in [5.74, 6) is -1.17. The van der Waals surface area contributed by atoms with E-state index >= 15 is 0 Å². The molecule has 0 saturated heterocycles. The normalized spacial score (nSPS) is 13.1. The van der Waals surface area contributed by atoms with Gasteiger partial charge in [0.05, 0.1) is 5.69 Å². The molecule has 15 heavy (non-hydrogen) atoms. The second-order valence-electron chi connectivity index (χ2n) is 2.97. The van der Waals surface area contributed by atoms with Crippen LogP contribution >= 0.6 is 0 Å². The first kappa shape index (κ1) is 11.5. The van der Waals surface area contributed by atoms with Crippen molar-refractivity contribution in [3.8, 4) is 0 Å². The monoisotopic (exact) mass is 220 g/mol. The number of hydrogen-bond acceptors (Lipinski definition) is 4. The zero-order chi connectivity index (χ0) is 11.4. The molecule has 0 amide bonds. The van der Waals surface area contributed by atoms with Gasteiger partial charge in [-0.25, -0.2) is 13.5 Å². The van der Waals surface area contributed by atoms with E-state index in [0.29, 0.717) is 0 Å². The molecule has 84 valence electrons. The van der Waals surface area contributed by atoms with E-state index < -0.39 is 25.0 Å². The maximum absolute atomic E-state index is 11.9. The topological polar surface area (TPSA) is 94.0 Å². The van der Waals surface area contributed by atoms with Gasteiger partial charge in [-0.3, -0.25) is 4.79 Å². The SMILES string of the molecule is NC(Cc1cn(CC(F)F)nn1)C(=O)O. The standard InChI is InChI=1S/C7H10F2N4O2/c8-6(9)3-13-2-4(11-12-13)1-5(10)7(14)15/h2,5-6H,1,3,10H2,(H,14,15). The van der Waals surface area contributed by atoms with Crippen molar-refractivity contribution in [2.45, 2.75) is 25.4 Å². The molecule has 0 bridgehead atoms. The molecule has 0 aliphatic carbocycles. The molecule has 0 radical (unpaired) electrons. The number of aliphatic carboxylic acids is 1. The molecular formula is C7H10F2N4O2. The van der Waals surface area contributed by atoms with Crippen LogP contribution in [0.1, 0.15) is 5.69 Å². The van der Waals surface area contributed by atoms with Crippen molar-refractivity contribution in [2.24, 2.45) is 5.73 Å². The third-order valence-corrected chi connectivity index (χ3v) is 1.66. The number of carboxylic acids is 1. The highest BCUT2D eigenvalue weighted by molar-refractivity contribution is 5.73. The van der Waals surface area contributed by atoms with E-state index in [-0.39, 0.29) is 12.1 Å². The van der Waals surface area contributed by atoms with Gasteiger partial charge < -0.3 is 10.8 Å². The van der Waals surface area contributed by atoms with Crippen LogP contribution in [0, 0.1) is 0 Å². The maximum atomic E-state index is 11.9. The van der Waals surface area contributed by atoms with Crippen LogP contribution in [0.25, 0.3) is 0 Å². The predicted molar refractivity (Wildman–Crippen MR) is 45.3 cm³/mol. The first-order valence-corrected chi connectivity index (χ1v) is 4.14. The number of rotatable bonds is 5. The fourth-order valence-electron chi connectivity index (χ4n) is 0.975. The Labute approximate surface area is 83.7 Å². The van der Waals surface area contributed by atoms with Crippen molar-refractivity contribution in [2.75, 3.05) is 0 Å². The van der Waals surface area contributed by atoms with Gasteiger partial charge >= 0.3 is 5.97 Å². The van der Waals surface area contributed by atoms with Crippen LogP contribution in [-0.2, 0) is 17.8 Å². The molecular weight excluding hydrogens is 210 g/mol. The lowest BCUT2D eigenvalue weighted by Gasteiger charge is -2.01. The summed E-state index contributed by atoms with van der Waals surface area (Å²) in [5.41, 5.74) is 5.52. The van der Waals surface area contributed by atoms with E-state index in [1.54, 1.807) is 0 Å². The average molecular weight is 220 g/mol. The lowest BCUT2D eigenvalue weighted by Crippen LogP contribution is -2.32. The van der Waals surface area contributed by atoms with Crippen LogP contribution < -0.4 is 5.73 Å². The van der Waals surface area contributed by atoms with Gasteiger partial charge in [0.2, 0.25) is 0 Å². The highest BCUT2D eigenvalue weighted by Crippen LogP contribution is 2.01. The van der Waals surface area contributed by atoms with Crippen molar-refractivity contribution in [3.05, 3.63) is 11.9 Å². The second-order valence-corrected chi connectivity index (χ2v) is 2.97. The predicted octanol–water partition coefficient (Wildman–Crippen LogP) is -0.502. The number of nitrogens with two attached hydrogens (primary N) is 1. The zero-order valence-corrected chi connectivity index (χ0v) is 7.68. The first-order chi connectivity index (χ1) is 6.99. The summed E-state index contributed by atoms with van der Waals surface area (Å²) >= 11 is 0. The molecule has 1 heterocycles. The highest BCUT2D eigenvalue weighted by atomic mass is 19.3. The van der Waals surface area contributed by atoms with Crippen LogP contribution in [0.2, 0.25) is 0 Å². The van der Waals surface area contributed by atoms with Crippen molar-refractivity contribution in [1.29, 1.82) is 0 Å². The Morgan fingerprint density at radius 2 is 2.33 bits per heavy atom. The van der Waals surface area contributed by atoms with Crippen LogP contribution in [-0.4, -0.2) is 38.5 Å². The molecule has 0 aliphatic heterocycles. The number of nitrogens with zero attached hydrogens (tertiary/aromatic N) is 3. The molecule has 8 heteroatoms. The Kier molecular flexibility index (Phi) is 3.67. The van der Waals surface area contributed by atoms with E-state index in [1.165, 1.54) is 6.20 Å². The Bertz CT molecular complexity index is 341. The molecule has 0 aliphatic rings. The Morgan fingerprint density at radius 1 is 1.67 bits per heavy atom. The highest BCUT2D eigenvalue weighted by Gasteiger charge is 2.15. The summed E-state index contributed by atoms with van der Waals surface area (Å²) in [5, 5.41) is 15.4. The van der Waals surface area contributed by atoms with Crippen molar-refractivity contribution in [3.63, 3.8) is 0 Å². The van der Waals surface area contributed by atoms with Crippen LogP contribution in [0.4, 0.5) is 8.78 Å². The minimum Gasteiger partial charge on any atom is -0.480 e.